The fourth-order valence-electron chi connectivity index (χ4n) is 3.56. The molecule has 148 valence electrons. The van der Waals surface area contributed by atoms with Crippen LogP contribution in [-0.2, 0) is 4.79 Å². The number of amides is 2. The van der Waals surface area contributed by atoms with Crippen molar-refractivity contribution in [2.24, 2.45) is 5.92 Å². The van der Waals surface area contributed by atoms with Gasteiger partial charge in [0.1, 0.15) is 0 Å². The molecule has 1 aromatic heterocycles. The first kappa shape index (κ1) is 18.5. The summed E-state index contributed by atoms with van der Waals surface area (Å²) in [6, 6.07) is 11.2. The summed E-state index contributed by atoms with van der Waals surface area (Å²) >= 11 is 0. The average Bonchev–Trinajstić information content (AvgIpc) is 3.33. The van der Waals surface area contributed by atoms with Gasteiger partial charge in [0, 0.05) is 30.3 Å². The first-order valence-corrected chi connectivity index (χ1v) is 9.62. The van der Waals surface area contributed by atoms with E-state index in [1.807, 2.05) is 35.2 Å². The van der Waals surface area contributed by atoms with Crippen LogP contribution >= 0.6 is 0 Å². The van der Waals surface area contributed by atoms with Crippen LogP contribution in [0.2, 0.25) is 0 Å². The molecule has 2 aliphatic rings. The van der Waals surface area contributed by atoms with Crippen LogP contribution in [0.1, 0.15) is 25.7 Å². The van der Waals surface area contributed by atoms with Crippen LogP contribution in [0.5, 0.6) is 0 Å². The summed E-state index contributed by atoms with van der Waals surface area (Å²) in [4.78, 5) is 25.3. The lowest BCUT2D eigenvalue weighted by Gasteiger charge is -2.42. The van der Waals surface area contributed by atoms with E-state index in [0.717, 1.165) is 24.9 Å². The smallest absolute Gasteiger partial charge is 0.320 e. The molecule has 3 N–H and O–H groups in total. The van der Waals surface area contributed by atoms with Crippen molar-refractivity contribution in [2.45, 2.75) is 37.8 Å². The second kappa shape index (κ2) is 8.02. The van der Waals surface area contributed by atoms with E-state index in [1.54, 1.807) is 6.07 Å². The van der Waals surface area contributed by atoms with Crippen LogP contribution in [0.25, 0.3) is 11.3 Å². The highest BCUT2D eigenvalue weighted by Crippen LogP contribution is 2.33. The number of urea groups is 1. The third-order valence-corrected chi connectivity index (χ3v) is 5.30. The van der Waals surface area contributed by atoms with Crippen LogP contribution in [0.15, 0.2) is 40.9 Å². The molecule has 2 aliphatic carbocycles. The molecule has 0 bridgehead atoms. The number of nitrogens with zero attached hydrogens (tertiary/aromatic N) is 2. The Bertz CT molecular complexity index is 828. The highest BCUT2D eigenvalue weighted by molar-refractivity contribution is 5.89. The molecule has 28 heavy (non-hydrogen) atoms. The zero-order chi connectivity index (χ0) is 19.5. The van der Waals surface area contributed by atoms with Crippen LogP contribution in [0.3, 0.4) is 0 Å². The van der Waals surface area contributed by atoms with Crippen LogP contribution in [0.4, 0.5) is 10.6 Å². The van der Waals surface area contributed by atoms with Crippen molar-refractivity contribution < 1.29 is 19.2 Å². The maximum absolute atomic E-state index is 12.2. The lowest BCUT2D eigenvalue weighted by molar-refractivity contribution is -0.139. The first-order valence-electron chi connectivity index (χ1n) is 9.62. The number of benzene rings is 1. The number of aromatic nitrogens is 1. The van der Waals surface area contributed by atoms with E-state index in [0.29, 0.717) is 17.5 Å². The number of aliphatic carboxylic acids is 1. The van der Waals surface area contributed by atoms with Gasteiger partial charge >= 0.3 is 12.0 Å². The van der Waals surface area contributed by atoms with Crippen molar-refractivity contribution in [1.29, 1.82) is 0 Å². The Morgan fingerprint density at radius 3 is 2.64 bits per heavy atom. The monoisotopic (exact) mass is 384 g/mol. The Morgan fingerprint density at radius 1 is 1.21 bits per heavy atom. The molecule has 2 fully saturated rings. The minimum atomic E-state index is -0.796. The van der Waals surface area contributed by atoms with Crippen molar-refractivity contribution in [3.63, 3.8) is 0 Å². The summed E-state index contributed by atoms with van der Waals surface area (Å²) in [5, 5.41) is 18.6. The quantitative estimate of drug-likeness (QED) is 0.646. The predicted molar refractivity (Wildman–Crippen MR) is 103 cm³/mol. The third kappa shape index (κ3) is 4.69. The summed E-state index contributed by atoms with van der Waals surface area (Å²) in [6.45, 7) is 0.915. The SMILES string of the molecule is O=C(O)CN(CC1CC1)C1CC(NC(=O)Nc2cc(-c3ccccc3)on2)C1. The van der Waals surface area contributed by atoms with Gasteiger partial charge in [-0.25, -0.2) is 4.79 Å². The van der Waals surface area contributed by atoms with Gasteiger partial charge in [-0.2, -0.15) is 0 Å². The van der Waals surface area contributed by atoms with Gasteiger partial charge in [0.05, 0.1) is 6.54 Å². The molecular weight excluding hydrogens is 360 g/mol. The topological polar surface area (TPSA) is 108 Å². The molecule has 0 spiro atoms. The average molecular weight is 384 g/mol. The number of carboxylic acid groups (broad SMARTS) is 1. The summed E-state index contributed by atoms with van der Waals surface area (Å²) in [6.07, 6.45) is 3.91. The number of rotatable bonds is 8. The summed E-state index contributed by atoms with van der Waals surface area (Å²) in [5.41, 5.74) is 0.888. The molecule has 0 atom stereocenters. The van der Waals surface area contributed by atoms with E-state index in [4.69, 9.17) is 9.63 Å². The van der Waals surface area contributed by atoms with E-state index in [-0.39, 0.29) is 24.7 Å². The Balaban J connectivity index is 1.24. The van der Waals surface area contributed by atoms with E-state index < -0.39 is 5.97 Å². The molecule has 4 rings (SSSR count). The van der Waals surface area contributed by atoms with Crippen LogP contribution in [0, 0.1) is 5.92 Å². The zero-order valence-electron chi connectivity index (χ0n) is 15.5. The Morgan fingerprint density at radius 2 is 1.96 bits per heavy atom. The van der Waals surface area contributed by atoms with Crippen molar-refractivity contribution in [2.75, 3.05) is 18.4 Å². The third-order valence-electron chi connectivity index (χ3n) is 5.30. The maximum atomic E-state index is 12.2. The number of hydrogen-bond donors (Lipinski definition) is 3. The second-order valence-corrected chi connectivity index (χ2v) is 7.63. The Kier molecular flexibility index (Phi) is 5.29. The summed E-state index contributed by atoms with van der Waals surface area (Å²) in [5.74, 6) is 0.785. The van der Waals surface area contributed by atoms with Gasteiger partial charge in [0.2, 0.25) is 0 Å². The van der Waals surface area contributed by atoms with Crippen molar-refractivity contribution in [3.8, 4) is 11.3 Å². The molecule has 8 nitrogen and oxygen atoms in total. The highest BCUT2D eigenvalue weighted by Gasteiger charge is 2.37. The van der Waals surface area contributed by atoms with Gasteiger partial charge in [-0.05, 0) is 31.6 Å². The second-order valence-electron chi connectivity index (χ2n) is 7.63. The van der Waals surface area contributed by atoms with E-state index in [1.165, 1.54) is 12.8 Å². The van der Waals surface area contributed by atoms with Gasteiger partial charge in [-0.3, -0.25) is 15.0 Å². The predicted octanol–water partition coefficient (Wildman–Crippen LogP) is 2.79. The molecule has 1 heterocycles. The van der Waals surface area contributed by atoms with Gasteiger partial charge in [0.25, 0.3) is 0 Å². The van der Waals surface area contributed by atoms with Crippen molar-refractivity contribution >= 4 is 17.8 Å². The van der Waals surface area contributed by atoms with Crippen molar-refractivity contribution in [3.05, 3.63) is 36.4 Å². The Labute approximate surface area is 162 Å². The summed E-state index contributed by atoms with van der Waals surface area (Å²) in [7, 11) is 0. The van der Waals surface area contributed by atoms with Gasteiger partial charge < -0.3 is 14.9 Å². The molecule has 1 aromatic carbocycles. The zero-order valence-corrected chi connectivity index (χ0v) is 15.5. The molecule has 2 aromatic rings. The lowest BCUT2D eigenvalue weighted by Crippen LogP contribution is -2.55. The number of hydrogen-bond acceptors (Lipinski definition) is 5. The molecule has 2 saturated carbocycles. The molecular formula is C20H24N4O4. The normalized spacial score (nSPS) is 21.2. The fraction of sp³-hybridized carbons (Fsp3) is 0.450. The first-order chi connectivity index (χ1) is 13.6. The molecule has 0 aliphatic heterocycles. The number of carboxylic acids is 1. The number of nitrogens with one attached hydrogen (secondary N) is 2. The minimum Gasteiger partial charge on any atom is -0.480 e. The van der Waals surface area contributed by atoms with Gasteiger partial charge in [-0.1, -0.05) is 35.5 Å². The summed E-state index contributed by atoms with van der Waals surface area (Å²) < 4.78 is 5.27. The maximum Gasteiger partial charge on any atom is 0.320 e. The van der Waals surface area contributed by atoms with E-state index >= 15 is 0 Å². The van der Waals surface area contributed by atoms with E-state index in [9.17, 15) is 9.59 Å². The molecule has 8 heteroatoms. The Hall–Kier alpha value is -2.87. The minimum absolute atomic E-state index is 0.0426. The molecule has 0 unspecified atom stereocenters. The largest absolute Gasteiger partial charge is 0.480 e. The van der Waals surface area contributed by atoms with Crippen LogP contribution < -0.4 is 10.6 Å². The highest BCUT2D eigenvalue weighted by atomic mass is 16.5. The molecule has 2 amide bonds. The van der Waals surface area contributed by atoms with Gasteiger partial charge in [0.15, 0.2) is 11.6 Å². The van der Waals surface area contributed by atoms with E-state index in [2.05, 4.69) is 15.8 Å². The number of anilines is 1. The van der Waals surface area contributed by atoms with Gasteiger partial charge in [-0.15, -0.1) is 0 Å². The van der Waals surface area contributed by atoms with Crippen LogP contribution in [-0.4, -0.2) is 52.3 Å². The number of carbonyl (C=O) groups excluding carboxylic acids is 1. The standard InChI is InChI=1S/C20H24N4O4/c25-19(26)12-24(11-13-6-7-13)16-8-15(9-16)21-20(27)22-18-10-17(28-23-18)14-4-2-1-3-5-14/h1-5,10,13,15-16H,6-9,11-12H2,(H,25,26)(H2,21,22,23,27). The molecule has 0 radical (unpaired) electrons. The number of carbonyl (C=O) groups is 2. The van der Waals surface area contributed by atoms with Crippen molar-refractivity contribution in [1.82, 2.24) is 15.4 Å². The lowest BCUT2D eigenvalue weighted by atomic mass is 9.85. The molecule has 0 saturated heterocycles. The fourth-order valence-corrected chi connectivity index (χ4v) is 3.56.